The van der Waals surface area contributed by atoms with Crippen molar-refractivity contribution in [3.05, 3.63) is 46.3 Å². The summed E-state index contributed by atoms with van der Waals surface area (Å²) < 4.78 is 47.3. The summed E-state index contributed by atoms with van der Waals surface area (Å²) in [5.41, 5.74) is 5.29. The summed E-state index contributed by atoms with van der Waals surface area (Å²) in [7, 11) is 0. The summed E-state index contributed by atoms with van der Waals surface area (Å²) in [6.45, 7) is 3.12. The minimum Gasteiger partial charge on any atom is -0.463 e. The maximum Gasteiger partial charge on any atom is 0.418 e. The number of benzene rings is 1. The maximum absolute atomic E-state index is 13.9. The minimum absolute atomic E-state index is 0.0314. The molecule has 31 heavy (non-hydrogen) atoms. The average Bonchev–Trinajstić information content (AvgIpc) is 2.88. The molecule has 4 N–H and O–H groups in total. The molecule has 7 nitrogen and oxygen atoms in total. The van der Waals surface area contributed by atoms with Gasteiger partial charge >= 0.3 is 6.18 Å². The molecule has 1 atom stereocenters. The highest BCUT2D eigenvalue weighted by Gasteiger charge is 2.39. The molecule has 164 valence electrons. The first-order chi connectivity index (χ1) is 14.6. The van der Waals surface area contributed by atoms with Gasteiger partial charge in [0.1, 0.15) is 30.3 Å². The van der Waals surface area contributed by atoms with Crippen molar-refractivity contribution < 1.29 is 23.0 Å². The highest BCUT2D eigenvalue weighted by molar-refractivity contribution is 6.37. The van der Waals surface area contributed by atoms with Crippen LogP contribution in [0.2, 0.25) is 5.02 Å². The Balaban J connectivity index is 1.99. The quantitative estimate of drug-likeness (QED) is 0.650. The number of aryl methyl sites for hydroxylation is 1. The number of halogens is 4. The fraction of sp³-hybridized carbons (Fsp3) is 0.300. The molecule has 2 aromatic rings. The lowest BCUT2D eigenvalue weighted by Gasteiger charge is -2.31. The van der Waals surface area contributed by atoms with E-state index in [0.29, 0.717) is 17.1 Å². The second kappa shape index (κ2) is 7.61. The van der Waals surface area contributed by atoms with Crippen LogP contribution in [0.5, 0.6) is 5.75 Å². The Morgan fingerprint density at radius 1 is 1.39 bits per heavy atom. The number of aromatic nitrogens is 1. The number of nitrogens with zero attached hydrogens (tertiary/aromatic N) is 3. The van der Waals surface area contributed by atoms with Crippen LogP contribution in [-0.2, 0) is 6.18 Å². The molecule has 4 rings (SSSR count). The van der Waals surface area contributed by atoms with E-state index in [1.165, 1.54) is 25.3 Å². The smallest absolute Gasteiger partial charge is 0.418 e. The standard InChI is InChI=1S/C20H19ClF3N5O2/c1-9-5-13(25)28-17(15(9)20(22,23)24)11-6-12-14-18(16(11)21)26-8-27-19(14)29(3-4-31-12)10(2)7-30/h3-6,10,26,30H,7-8H2,1-2H3,(H2,25,28). The molecule has 0 fully saturated rings. The van der Waals surface area contributed by atoms with Crippen LogP contribution < -0.4 is 15.8 Å². The molecule has 2 aliphatic rings. The largest absolute Gasteiger partial charge is 0.463 e. The molecule has 1 unspecified atom stereocenters. The number of amidine groups is 1. The van der Waals surface area contributed by atoms with Crippen molar-refractivity contribution in [3.8, 4) is 17.0 Å². The third-order valence-electron chi connectivity index (χ3n) is 5.11. The van der Waals surface area contributed by atoms with Crippen LogP contribution in [0.15, 0.2) is 29.6 Å². The zero-order valence-electron chi connectivity index (χ0n) is 16.6. The molecule has 0 aliphatic carbocycles. The van der Waals surface area contributed by atoms with Gasteiger partial charge in [-0.1, -0.05) is 11.6 Å². The molecule has 3 heterocycles. The Hall–Kier alpha value is -2.98. The monoisotopic (exact) mass is 453 g/mol. The van der Waals surface area contributed by atoms with Gasteiger partial charge < -0.3 is 25.8 Å². The molecule has 0 bridgehead atoms. The number of aliphatic hydroxyl groups is 1. The first-order valence-corrected chi connectivity index (χ1v) is 9.73. The summed E-state index contributed by atoms with van der Waals surface area (Å²) in [5.74, 6) is 0.679. The van der Waals surface area contributed by atoms with Crippen molar-refractivity contribution in [1.82, 2.24) is 9.88 Å². The van der Waals surface area contributed by atoms with E-state index in [0.717, 1.165) is 0 Å². The zero-order chi connectivity index (χ0) is 22.5. The van der Waals surface area contributed by atoms with Gasteiger partial charge in [-0.2, -0.15) is 13.2 Å². The van der Waals surface area contributed by atoms with E-state index < -0.39 is 11.7 Å². The normalized spacial score (nSPS) is 16.1. The SMILES string of the molecule is Cc1cc(N)nc(-c2cc3c4c(c2Cl)NCN=C4N(C(C)CO)C=CO3)c1C(F)(F)F. The van der Waals surface area contributed by atoms with E-state index in [9.17, 15) is 18.3 Å². The fourth-order valence-electron chi connectivity index (χ4n) is 3.71. The Morgan fingerprint density at radius 2 is 2.13 bits per heavy atom. The molecule has 11 heteroatoms. The van der Waals surface area contributed by atoms with Gasteiger partial charge in [-0.3, -0.25) is 0 Å². The van der Waals surface area contributed by atoms with Crippen LogP contribution in [0, 0.1) is 6.92 Å². The number of aliphatic hydroxyl groups excluding tert-OH is 1. The maximum atomic E-state index is 13.9. The Bertz CT molecular complexity index is 1120. The van der Waals surface area contributed by atoms with Crippen molar-refractivity contribution in [1.29, 1.82) is 0 Å². The molecule has 0 saturated carbocycles. The number of pyridine rings is 1. The first-order valence-electron chi connectivity index (χ1n) is 9.35. The highest BCUT2D eigenvalue weighted by Crippen LogP contribution is 2.47. The Kier molecular flexibility index (Phi) is 5.22. The van der Waals surface area contributed by atoms with Gasteiger partial charge in [0.15, 0.2) is 0 Å². The Labute approximate surface area is 181 Å². The van der Waals surface area contributed by atoms with Crippen LogP contribution in [0.25, 0.3) is 11.3 Å². The number of hydrogen-bond acceptors (Lipinski definition) is 7. The van der Waals surface area contributed by atoms with Gasteiger partial charge in [-0.15, -0.1) is 0 Å². The summed E-state index contributed by atoms with van der Waals surface area (Å²) in [5, 5.41) is 12.6. The van der Waals surface area contributed by atoms with E-state index >= 15 is 0 Å². The third kappa shape index (κ3) is 3.55. The predicted molar refractivity (Wildman–Crippen MR) is 112 cm³/mol. The van der Waals surface area contributed by atoms with Gasteiger partial charge in [0, 0.05) is 11.8 Å². The number of nitrogen functional groups attached to an aromatic ring is 1. The average molecular weight is 454 g/mol. The first kappa shape index (κ1) is 21.3. The van der Waals surface area contributed by atoms with Crippen LogP contribution in [0.3, 0.4) is 0 Å². The molecule has 0 spiro atoms. The van der Waals surface area contributed by atoms with Gasteiger partial charge in [-0.25, -0.2) is 9.98 Å². The summed E-state index contributed by atoms with van der Waals surface area (Å²) in [6.07, 6.45) is -1.68. The second-order valence-corrected chi connectivity index (χ2v) is 7.61. The van der Waals surface area contributed by atoms with Crippen molar-refractivity contribution in [2.45, 2.75) is 26.1 Å². The molecule has 0 amide bonds. The summed E-state index contributed by atoms with van der Waals surface area (Å²) in [4.78, 5) is 10.1. The van der Waals surface area contributed by atoms with Crippen molar-refractivity contribution in [3.63, 3.8) is 0 Å². The van der Waals surface area contributed by atoms with E-state index in [1.807, 2.05) is 0 Å². The lowest BCUT2D eigenvalue weighted by Crippen LogP contribution is -2.38. The van der Waals surface area contributed by atoms with E-state index in [1.54, 1.807) is 18.0 Å². The second-order valence-electron chi connectivity index (χ2n) is 7.23. The fourth-order valence-corrected chi connectivity index (χ4v) is 4.01. The number of alkyl halides is 3. The van der Waals surface area contributed by atoms with Gasteiger partial charge in [0.2, 0.25) is 0 Å². The number of hydrogen-bond donors (Lipinski definition) is 3. The molecule has 1 aromatic carbocycles. The van der Waals surface area contributed by atoms with E-state index in [4.69, 9.17) is 22.1 Å². The third-order valence-corrected chi connectivity index (χ3v) is 5.50. The van der Waals surface area contributed by atoms with Gasteiger partial charge in [-0.05, 0) is 31.5 Å². The molecule has 0 radical (unpaired) electrons. The van der Waals surface area contributed by atoms with Crippen LogP contribution in [0.4, 0.5) is 24.7 Å². The lowest BCUT2D eigenvalue weighted by atomic mass is 9.97. The zero-order valence-corrected chi connectivity index (χ0v) is 17.3. The topological polar surface area (TPSA) is 96.0 Å². The van der Waals surface area contributed by atoms with Crippen LogP contribution >= 0.6 is 11.6 Å². The van der Waals surface area contributed by atoms with Crippen molar-refractivity contribution >= 4 is 28.9 Å². The predicted octanol–water partition coefficient (Wildman–Crippen LogP) is 3.99. The molecule has 2 aliphatic heterocycles. The lowest BCUT2D eigenvalue weighted by molar-refractivity contribution is -0.137. The number of ether oxygens (including phenoxy) is 1. The molecular formula is C20H19ClF3N5O2. The van der Waals surface area contributed by atoms with E-state index in [2.05, 4.69) is 15.3 Å². The van der Waals surface area contributed by atoms with E-state index in [-0.39, 0.29) is 52.7 Å². The number of nitrogens with one attached hydrogen (secondary N) is 1. The summed E-state index contributed by atoms with van der Waals surface area (Å²) in [6, 6.07) is 2.26. The molecule has 0 saturated heterocycles. The number of aliphatic imine (C=N–C) groups is 1. The van der Waals surface area contributed by atoms with Crippen molar-refractivity contribution in [2.75, 3.05) is 24.3 Å². The van der Waals surface area contributed by atoms with Gasteiger partial charge in [0.05, 0.1) is 40.2 Å². The summed E-state index contributed by atoms with van der Waals surface area (Å²) >= 11 is 6.61. The number of anilines is 2. The van der Waals surface area contributed by atoms with Crippen LogP contribution in [-0.4, -0.2) is 40.1 Å². The number of rotatable bonds is 3. The molecule has 1 aromatic heterocycles. The minimum atomic E-state index is -4.67. The Morgan fingerprint density at radius 3 is 2.81 bits per heavy atom. The highest BCUT2D eigenvalue weighted by atomic mass is 35.5. The number of nitrogens with two attached hydrogens (primary N) is 1. The van der Waals surface area contributed by atoms with Gasteiger partial charge in [0.25, 0.3) is 0 Å². The van der Waals surface area contributed by atoms with Crippen molar-refractivity contribution in [2.24, 2.45) is 4.99 Å². The van der Waals surface area contributed by atoms with Crippen LogP contribution in [0.1, 0.15) is 23.6 Å². The molecular weight excluding hydrogens is 435 g/mol.